The van der Waals surface area contributed by atoms with Gasteiger partial charge < -0.3 is 9.84 Å². The summed E-state index contributed by atoms with van der Waals surface area (Å²) in [6, 6.07) is 11.3. The number of rotatable bonds is 3. The van der Waals surface area contributed by atoms with Crippen molar-refractivity contribution in [1.82, 2.24) is 14.6 Å². The van der Waals surface area contributed by atoms with Gasteiger partial charge in [-0.2, -0.15) is 31.4 Å². The fourth-order valence-electron chi connectivity index (χ4n) is 3.21. The van der Waals surface area contributed by atoms with Gasteiger partial charge in [-0.05, 0) is 48.0 Å². The van der Waals surface area contributed by atoms with E-state index in [1.54, 1.807) is 12.1 Å². The number of aromatic hydroxyl groups is 1. The number of methoxy groups -OCH3 is 1. The molecule has 2 aromatic carbocycles. The highest BCUT2D eigenvalue weighted by atomic mass is 19.4. The maximum Gasteiger partial charge on any atom is 0.433 e. The molecule has 2 aromatic heterocycles. The summed E-state index contributed by atoms with van der Waals surface area (Å²) in [7, 11) is 1.43. The van der Waals surface area contributed by atoms with E-state index in [9.17, 15) is 31.4 Å². The molecular formula is C21H13F6N3O2. The number of phenols is 1. The van der Waals surface area contributed by atoms with Crippen molar-refractivity contribution < 1.29 is 36.2 Å². The van der Waals surface area contributed by atoms with Crippen molar-refractivity contribution in [3.05, 3.63) is 66.0 Å². The quantitative estimate of drug-likeness (QED) is 0.398. The predicted molar refractivity (Wildman–Crippen MR) is 102 cm³/mol. The van der Waals surface area contributed by atoms with Crippen molar-refractivity contribution in [2.45, 2.75) is 12.4 Å². The molecule has 0 aliphatic rings. The van der Waals surface area contributed by atoms with Gasteiger partial charge in [0.2, 0.25) is 0 Å². The summed E-state index contributed by atoms with van der Waals surface area (Å²) in [5, 5.41) is 13.6. The second-order valence-electron chi connectivity index (χ2n) is 6.76. The average molecular weight is 453 g/mol. The summed E-state index contributed by atoms with van der Waals surface area (Å²) in [5.41, 5.74) is -3.44. The van der Waals surface area contributed by atoms with E-state index in [4.69, 9.17) is 4.74 Å². The maximum absolute atomic E-state index is 13.7. The van der Waals surface area contributed by atoms with Gasteiger partial charge in [-0.25, -0.2) is 9.50 Å². The van der Waals surface area contributed by atoms with E-state index in [0.29, 0.717) is 15.8 Å². The largest absolute Gasteiger partial charge is 0.508 e. The van der Waals surface area contributed by atoms with Gasteiger partial charge in [0.05, 0.1) is 12.7 Å². The Morgan fingerprint density at radius 2 is 1.44 bits per heavy atom. The fraction of sp³-hybridized carbons (Fsp3) is 0.143. The van der Waals surface area contributed by atoms with Gasteiger partial charge in [0.1, 0.15) is 22.9 Å². The molecule has 1 N–H and O–H groups in total. The first-order valence-electron chi connectivity index (χ1n) is 9.01. The third-order valence-electron chi connectivity index (χ3n) is 4.69. The number of alkyl halides is 6. The lowest BCUT2D eigenvalue weighted by Gasteiger charge is -2.13. The standard InChI is InChI=1S/C21H13F6N3O2/c1-32-14-8-4-12(5-9-14)18-17(11-2-6-13(31)7-3-11)19-28-15(20(22,23)24)10-16(21(25,26)27)30(19)29-18/h2-10,31H,1H3. The Hall–Kier alpha value is -3.76. The van der Waals surface area contributed by atoms with Crippen molar-refractivity contribution in [2.24, 2.45) is 0 Å². The summed E-state index contributed by atoms with van der Waals surface area (Å²) in [6.45, 7) is 0. The van der Waals surface area contributed by atoms with E-state index in [1.165, 1.54) is 43.5 Å². The number of benzene rings is 2. The Morgan fingerprint density at radius 3 is 1.97 bits per heavy atom. The third kappa shape index (κ3) is 3.81. The van der Waals surface area contributed by atoms with E-state index in [1.807, 2.05) is 0 Å². The van der Waals surface area contributed by atoms with Crippen LogP contribution in [0.1, 0.15) is 11.4 Å². The zero-order valence-electron chi connectivity index (χ0n) is 16.2. The van der Waals surface area contributed by atoms with Crippen molar-refractivity contribution in [2.75, 3.05) is 7.11 Å². The molecule has 0 spiro atoms. The smallest absolute Gasteiger partial charge is 0.433 e. The van der Waals surface area contributed by atoms with Crippen LogP contribution in [0, 0.1) is 0 Å². The lowest BCUT2D eigenvalue weighted by atomic mass is 10.0. The van der Waals surface area contributed by atoms with Crippen molar-refractivity contribution in [1.29, 1.82) is 0 Å². The van der Waals surface area contributed by atoms with Gasteiger partial charge in [-0.3, -0.25) is 0 Å². The van der Waals surface area contributed by atoms with Crippen LogP contribution in [0.4, 0.5) is 26.3 Å². The third-order valence-corrected chi connectivity index (χ3v) is 4.69. The van der Waals surface area contributed by atoms with Crippen LogP contribution in [0.3, 0.4) is 0 Å². The van der Waals surface area contributed by atoms with Crippen molar-refractivity contribution in [3.63, 3.8) is 0 Å². The van der Waals surface area contributed by atoms with Crippen LogP contribution in [-0.2, 0) is 12.4 Å². The SMILES string of the molecule is COc1ccc(-c2nn3c(C(F)(F)F)cc(C(F)(F)F)nc3c2-c2ccc(O)cc2)cc1. The van der Waals surface area contributed by atoms with Gasteiger partial charge in [0.25, 0.3) is 0 Å². The van der Waals surface area contributed by atoms with Crippen LogP contribution in [-0.4, -0.2) is 26.8 Å². The molecule has 2 heterocycles. The normalized spacial score (nSPS) is 12.3. The van der Waals surface area contributed by atoms with Crippen molar-refractivity contribution in [3.8, 4) is 33.9 Å². The molecule has 0 saturated heterocycles. The molecule has 0 amide bonds. The molecule has 166 valence electrons. The van der Waals surface area contributed by atoms with Gasteiger partial charge in [-0.15, -0.1) is 0 Å². The number of hydrogen-bond donors (Lipinski definition) is 1. The number of ether oxygens (including phenoxy) is 1. The molecule has 0 aliphatic heterocycles. The minimum Gasteiger partial charge on any atom is -0.508 e. The van der Waals surface area contributed by atoms with Crippen LogP contribution in [0.2, 0.25) is 0 Å². The first kappa shape index (κ1) is 21.5. The van der Waals surface area contributed by atoms with Crippen LogP contribution < -0.4 is 4.74 Å². The maximum atomic E-state index is 13.7. The minimum atomic E-state index is -5.13. The first-order chi connectivity index (χ1) is 15.0. The molecular weight excluding hydrogens is 440 g/mol. The lowest BCUT2D eigenvalue weighted by molar-refractivity contribution is -0.148. The number of aromatic nitrogens is 3. The van der Waals surface area contributed by atoms with E-state index < -0.39 is 29.4 Å². The van der Waals surface area contributed by atoms with Crippen LogP contribution in [0.15, 0.2) is 54.6 Å². The molecule has 32 heavy (non-hydrogen) atoms. The zero-order chi connectivity index (χ0) is 23.3. The number of fused-ring (bicyclic) bond motifs is 1. The van der Waals surface area contributed by atoms with E-state index in [2.05, 4.69) is 10.1 Å². The molecule has 5 nitrogen and oxygen atoms in total. The van der Waals surface area contributed by atoms with Crippen LogP contribution in [0.25, 0.3) is 28.0 Å². The minimum absolute atomic E-state index is 0.0179. The van der Waals surface area contributed by atoms with Gasteiger partial charge in [-0.1, -0.05) is 12.1 Å². The van der Waals surface area contributed by atoms with E-state index >= 15 is 0 Å². The first-order valence-corrected chi connectivity index (χ1v) is 9.01. The van der Waals surface area contributed by atoms with Crippen LogP contribution >= 0.6 is 0 Å². The summed E-state index contributed by atoms with van der Waals surface area (Å²) in [6.07, 6.45) is -10.2. The fourth-order valence-corrected chi connectivity index (χ4v) is 3.21. The Labute approximate surface area is 176 Å². The second kappa shape index (κ2) is 7.43. The topological polar surface area (TPSA) is 59.7 Å². The highest BCUT2D eigenvalue weighted by molar-refractivity contribution is 5.90. The average Bonchev–Trinajstić information content (AvgIpc) is 3.11. The summed E-state index contributed by atoms with van der Waals surface area (Å²) in [5.74, 6) is 0.341. The van der Waals surface area contributed by atoms with E-state index in [-0.39, 0.29) is 28.6 Å². The number of hydrogen-bond acceptors (Lipinski definition) is 4. The van der Waals surface area contributed by atoms with Gasteiger partial charge in [0, 0.05) is 5.56 Å². The molecule has 4 rings (SSSR count). The molecule has 0 atom stereocenters. The predicted octanol–water partition coefficient (Wildman–Crippen LogP) is 5.82. The molecule has 0 radical (unpaired) electrons. The summed E-state index contributed by atoms with van der Waals surface area (Å²) >= 11 is 0. The van der Waals surface area contributed by atoms with Crippen LogP contribution in [0.5, 0.6) is 11.5 Å². The highest BCUT2D eigenvalue weighted by Crippen LogP contribution is 2.40. The summed E-state index contributed by atoms with van der Waals surface area (Å²) in [4.78, 5) is 3.49. The second-order valence-corrected chi connectivity index (χ2v) is 6.76. The lowest BCUT2D eigenvalue weighted by Crippen LogP contribution is -2.18. The van der Waals surface area contributed by atoms with E-state index in [0.717, 1.165) is 0 Å². The molecule has 0 fully saturated rings. The molecule has 0 unspecified atom stereocenters. The van der Waals surface area contributed by atoms with Gasteiger partial charge in [0.15, 0.2) is 11.3 Å². The van der Waals surface area contributed by atoms with Crippen molar-refractivity contribution >= 4 is 5.65 Å². The van der Waals surface area contributed by atoms with Gasteiger partial charge >= 0.3 is 12.4 Å². The number of phenolic OH excluding ortho intramolecular Hbond substituents is 1. The molecule has 0 aliphatic carbocycles. The Bertz CT molecular complexity index is 1280. The molecule has 0 bridgehead atoms. The highest BCUT2D eigenvalue weighted by Gasteiger charge is 2.41. The molecule has 0 saturated carbocycles. The zero-order valence-corrected chi connectivity index (χ0v) is 16.2. The number of halogens is 6. The summed E-state index contributed by atoms with van der Waals surface area (Å²) < 4.78 is 86.6. The monoisotopic (exact) mass is 453 g/mol. The molecule has 11 heteroatoms. The number of nitrogens with zero attached hydrogens (tertiary/aromatic N) is 3. The Kier molecular flexibility index (Phi) is 4.99. The Balaban J connectivity index is 2.12. The Morgan fingerprint density at radius 1 is 0.844 bits per heavy atom. The molecule has 4 aromatic rings.